The van der Waals surface area contributed by atoms with Crippen molar-refractivity contribution in [3.8, 4) is 34.5 Å². The van der Waals surface area contributed by atoms with Crippen molar-refractivity contribution in [2.45, 2.75) is 18.9 Å². The van der Waals surface area contributed by atoms with Crippen LogP contribution >= 0.6 is 0 Å². The lowest BCUT2D eigenvalue weighted by Gasteiger charge is -2.33. The third-order valence-corrected chi connectivity index (χ3v) is 6.39. The van der Waals surface area contributed by atoms with Crippen LogP contribution in [-0.4, -0.2) is 48.4 Å². The number of nitrogens with zero attached hydrogens (tertiary/aromatic N) is 1. The van der Waals surface area contributed by atoms with Gasteiger partial charge in [-0.25, -0.2) is 0 Å². The quantitative estimate of drug-likeness (QED) is 0.439. The Morgan fingerprint density at radius 1 is 0.694 bits per heavy atom. The number of hydrogen-bond acceptors (Lipinski definition) is 8. The van der Waals surface area contributed by atoms with E-state index in [0.29, 0.717) is 40.9 Å². The molecule has 0 radical (unpaired) electrons. The molecule has 0 amide bonds. The number of hydrogen-bond donors (Lipinski definition) is 1. The van der Waals surface area contributed by atoms with Crippen molar-refractivity contribution >= 4 is 17.1 Å². The molecule has 4 rings (SSSR count). The lowest BCUT2D eigenvalue weighted by atomic mass is 9.84. The zero-order chi connectivity index (χ0) is 25.9. The average molecular weight is 493 g/mol. The van der Waals surface area contributed by atoms with Gasteiger partial charge in [-0.1, -0.05) is 12.1 Å². The molecule has 8 nitrogen and oxygen atoms in total. The molecule has 3 aromatic rings. The first-order chi connectivity index (χ1) is 17.4. The second kappa shape index (κ2) is 10.3. The topological polar surface area (TPSA) is 79.8 Å². The van der Waals surface area contributed by atoms with Gasteiger partial charge in [0.25, 0.3) is 0 Å². The van der Waals surface area contributed by atoms with E-state index in [9.17, 15) is 0 Å². The predicted octanol–water partition coefficient (Wildman–Crippen LogP) is 5.59. The van der Waals surface area contributed by atoms with Crippen molar-refractivity contribution in [2.24, 2.45) is 4.99 Å². The molecule has 190 valence electrons. The van der Waals surface area contributed by atoms with Crippen molar-refractivity contribution < 1.29 is 28.4 Å². The van der Waals surface area contributed by atoms with E-state index < -0.39 is 5.54 Å². The Kier molecular flexibility index (Phi) is 7.15. The molecule has 0 saturated heterocycles. The molecule has 0 spiro atoms. The maximum absolute atomic E-state index is 5.64. The molecule has 1 atom stereocenters. The molecule has 3 aromatic carbocycles. The van der Waals surface area contributed by atoms with Gasteiger partial charge in [-0.05, 0) is 48.9 Å². The smallest absolute Gasteiger partial charge is 0.203 e. The van der Waals surface area contributed by atoms with Gasteiger partial charge < -0.3 is 33.7 Å². The highest BCUT2D eigenvalue weighted by Gasteiger charge is 2.34. The number of fused-ring (bicyclic) bond motifs is 1. The molecule has 1 heterocycles. The first-order valence-corrected chi connectivity index (χ1v) is 11.5. The maximum atomic E-state index is 5.64. The van der Waals surface area contributed by atoms with Crippen LogP contribution in [0.5, 0.6) is 34.5 Å². The molecule has 36 heavy (non-hydrogen) atoms. The maximum Gasteiger partial charge on any atom is 0.203 e. The standard InChI is InChI=1S/C28H32N2O6/c1-28(18-14-24(33-4)27(36-7)25(15-18)34-5)16-21(29-19-10-8-9-11-20(19)30-28)17-12-22(31-2)26(35-6)23(13-17)32-3/h8-15,30H,16H2,1-7H3/t28-/m0/s1. The predicted molar refractivity (Wildman–Crippen MR) is 140 cm³/mol. The van der Waals surface area contributed by atoms with Crippen molar-refractivity contribution in [3.05, 3.63) is 59.7 Å². The van der Waals surface area contributed by atoms with Gasteiger partial charge in [0, 0.05) is 12.0 Å². The second-order valence-corrected chi connectivity index (χ2v) is 8.54. The van der Waals surface area contributed by atoms with Crippen LogP contribution in [0.4, 0.5) is 11.4 Å². The molecule has 0 fully saturated rings. The molecule has 1 aliphatic heterocycles. The SMILES string of the molecule is COc1cc(C2=Nc3ccccc3N[C@](C)(c3cc(OC)c(OC)c(OC)c3)C2)cc(OC)c1OC. The summed E-state index contributed by atoms with van der Waals surface area (Å²) in [6.07, 6.45) is 0.541. The van der Waals surface area contributed by atoms with E-state index in [1.54, 1.807) is 42.7 Å². The number of para-hydroxylation sites is 2. The van der Waals surface area contributed by atoms with E-state index in [1.165, 1.54) is 0 Å². The third-order valence-electron chi connectivity index (χ3n) is 6.39. The van der Waals surface area contributed by atoms with E-state index in [2.05, 4.69) is 12.2 Å². The lowest BCUT2D eigenvalue weighted by molar-refractivity contribution is 0.322. The number of nitrogens with one attached hydrogen (secondary N) is 1. The number of methoxy groups -OCH3 is 6. The Morgan fingerprint density at radius 2 is 1.19 bits per heavy atom. The van der Waals surface area contributed by atoms with E-state index in [1.807, 2.05) is 48.5 Å². The van der Waals surface area contributed by atoms with Crippen molar-refractivity contribution in [3.63, 3.8) is 0 Å². The zero-order valence-corrected chi connectivity index (χ0v) is 21.7. The molecule has 0 unspecified atom stereocenters. The van der Waals surface area contributed by atoms with Gasteiger partial charge in [0.05, 0.1) is 65.3 Å². The number of benzene rings is 3. The van der Waals surface area contributed by atoms with Crippen LogP contribution < -0.4 is 33.7 Å². The largest absolute Gasteiger partial charge is 0.493 e. The summed E-state index contributed by atoms with van der Waals surface area (Å²) in [6.45, 7) is 2.13. The van der Waals surface area contributed by atoms with Gasteiger partial charge in [0.1, 0.15) is 0 Å². The highest BCUT2D eigenvalue weighted by atomic mass is 16.5. The monoisotopic (exact) mass is 492 g/mol. The molecule has 0 aromatic heterocycles. The van der Waals surface area contributed by atoms with Crippen LogP contribution in [-0.2, 0) is 5.54 Å². The first-order valence-electron chi connectivity index (χ1n) is 11.5. The normalized spacial score (nSPS) is 16.6. The van der Waals surface area contributed by atoms with Gasteiger partial charge >= 0.3 is 0 Å². The number of anilines is 1. The van der Waals surface area contributed by atoms with Crippen LogP contribution in [0.2, 0.25) is 0 Å². The second-order valence-electron chi connectivity index (χ2n) is 8.54. The lowest BCUT2D eigenvalue weighted by Crippen LogP contribution is -2.34. The molecule has 1 N–H and O–H groups in total. The average Bonchev–Trinajstić information content (AvgIpc) is 3.07. The molecule has 8 heteroatoms. The summed E-state index contributed by atoms with van der Waals surface area (Å²) >= 11 is 0. The zero-order valence-electron chi connectivity index (χ0n) is 21.7. The molecular weight excluding hydrogens is 460 g/mol. The Hall–Kier alpha value is -4.07. The van der Waals surface area contributed by atoms with Crippen LogP contribution in [0.15, 0.2) is 53.5 Å². The molecule has 0 bridgehead atoms. The minimum absolute atomic E-state index is 0.531. The van der Waals surface area contributed by atoms with E-state index in [4.69, 9.17) is 33.4 Å². The van der Waals surface area contributed by atoms with Gasteiger partial charge in [0.15, 0.2) is 23.0 Å². The summed E-state index contributed by atoms with van der Waals surface area (Å²) in [4.78, 5) is 5.07. The van der Waals surface area contributed by atoms with Crippen LogP contribution in [0.25, 0.3) is 0 Å². The summed E-state index contributed by atoms with van der Waals surface area (Å²) in [6, 6.07) is 15.7. The fraction of sp³-hybridized carbons (Fsp3) is 0.321. The van der Waals surface area contributed by atoms with E-state index >= 15 is 0 Å². The Balaban J connectivity index is 1.92. The molecule has 0 aliphatic carbocycles. The summed E-state index contributed by atoms with van der Waals surface area (Å²) in [5.74, 6) is 3.37. The fourth-order valence-electron chi connectivity index (χ4n) is 4.53. The van der Waals surface area contributed by atoms with Gasteiger partial charge in [-0.2, -0.15) is 0 Å². The molecule has 1 aliphatic rings. The third kappa shape index (κ3) is 4.46. The summed E-state index contributed by atoms with van der Waals surface area (Å²) in [5, 5.41) is 3.72. The number of ether oxygens (including phenoxy) is 6. The van der Waals surface area contributed by atoms with Crippen LogP contribution in [0.1, 0.15) is 24.5 Å². The first kappa shape index (κ1) is 25.0. The summed E-state index contributed by atoms with van der Waals surface area (Å²) < 4.78 is 33.6. The summed E-state index contributed by atoms with van der Waals surface area (Å²) in [5.41, 5.74) is 3.82. The van der Waals surface area contributed by atoms with Crippen molar-refractivity contribution in [2.75, 3.05) is 48.0 Å². The van der Waals surface area contributed by atoms with Crippen molar-refractivity contribution in [1.29, 1.82) is 0 Å². The minimum Gasteiger partial charge on any atom is -0.493 e. The summed E-state index contributed by atoms with van der Waals surface area (Å²) in [7, 11) is 9.62. The van der Waals surface area contributed by atoms with Crippen LogP contribution in [0, 0.1) is 0 Å². The minimum atomic E-state index is -0.585. The Morgan fingerprint density at radius 3 is 1.69 bits per heavy atom. The highest BCUT2D eigenvalue weighted by molar-refractivity contribution is 6.05. The van der Waals surface area contributed by atoms with E-state index in [-0.39, 0.29) is 0 Å². The Bertz CT molecular complexity index is 1240. The van der Waals surface area contributed by atoms with Gasteiger partial charge in [-0.15, -0.1) is 0 Å². The molecule has 0 saturated carbocycles. The molecular formula is C28H32N2O6. The number of aliphatic imine (C=N–C) groups is 1. The van der Waals surface area contributed by atoms with Gasteiger partial charge in [-0.3, -0.25) is 4.99 Å². The van der Waals surface area contributed by atoms with Crippen molar-refractivity contribution in [1.82, 2.24) is 0 Å². The van der Waals surface area contributed by atoms with E-state index in [0.717, 1.165) is 28.2 Å². The van der Waals surface area contributed by atoms with Crippen LogP contribution in [0.3, 0.4) is 0 Å². The highest BCUT2D eigenvalue weighted by Crippen LogP contribution is 2.46. The fourth-order valence-corrected chi connectivity index (χ4v) is 4.53. The van der Waals surface area contributed by atoms with Gasteiger partial charge in [0.2, 0.25) is 11.5 Å². The Labute approximate surface area is 211 Å². The number of rotatable bonds is 8.